The van der Waals surface area contributed by atoms with Crippen molar-refractivity contribution < 1.29 is 28.5 Å². The first-order valence-corrected chi connectivity index (χ1v) is 8.87. The van der Waals surface area contributed by atoms with Gasteiger partial charge in [0, 0.05) is 0 Å². The van der Waals surface area contributed by atoms with E-state index < -0.39 is 23.1 Å². The molecule has 0 spiro atoms. The maximum absolute atomic E-state index is 12.9. The van der Waals surface area contributed by atoms with Gasteiger partial charge in [0.15, 0.2) is 0 Å². The fourth-order valence-electron chi connectivity index (χ4n) is 2.94. The summed E-state index contributed by atoms with van der Waals surface area (Å²) < 4.78 is 22.6. The Morgan fingerprint density at radius 2 is 1.00 bits per heavy atom. The molecule has 0 saturated carbocycles. The van der Waals surface area contributed by atoms with Gasteiger partial charge in [-0.1, -0.05) is 13.8 Å². The van der Waals surface area contributed by atoms with E-state index in [0.717, 1.165) is 0 Å². The van der Waals surface area contributed by atoms with Gasteiger partial charge in [0.2, 0.25) is 11.2 Å². The van der Waals surface area contributed by atoms with Crippen molar-refractivity contribution in [3.05, 3.63) is 0 Å². The highest BCUT2D eigenvalue weighted by Gasteiger charge is 2.64. The van der Waals surface area contributed by atoms with E-state index in [0.29, 0.717) is 0 Å². The Morgan fingerprint density at radius 3 is 1.17 bits per heavy atom. The van der Waals surface area contributed by atoms with Crippen LogP contribution in [0.4, 0.5) is 0 Å². The second-order valence-corrected chi connectivity index (χ2v) is 6.14. The summed E-state index contributed by atoms with van der Waals surface area (Å²) in [6.45, 7) is 14.6. The van der Waals surface area contributed by atoms with E-state index in [-0.39, 0.29) is 38.3 Å². The molecule has 0 heterocycles. The van der Waals surface area contributed by atoms with Crippen LogP contribution >= 0.6 is 0 Å². The number of rotatable bonds is 11. The Balaban J connectivity index is 6.40. The van der Waals surface area contributed by atoms with Crippen LogP contribution in [0.1, 0.15) is 68.2 Å². The molecule has 0 aliphatic rings. The SMILES string of the molecule is CCOC(=O)C(CC)(OC(C)C)C(CC)(OC(C)C)C(=O)OCC. The van der Waals surface area contributed by atoms with Gasteiger partial charge in [-0.2, -0.15) is 0 Å². The number of hydrogen-bond acceptors (Lipinski definition) is 6. The second kappa shape index (κ2) is 9.99. The van der Waals surface area contributed by atoms with Crippen LogP contribution in [-0.4, -0.2) is 48.6 Å². The fraction of sp³-hybridized carbons (Fsp3) is 0.889. The largest absolute Gasteiger partial charge is 0.464 e. The molecule has 0 aromatic carbocycles. The van der Waals surface area contributed by atoms with E-state index >= 15 is 0 Å². The van der Waals surface area contributed by atoms with Crippen LogP contribution in [0.5, 0.6) is 0 Å². The van der Waals surface area contributed by atoms with Gasteiger partial charge < -0.3 is 18.9 Å². The molecule has 0 aliphatic heterocycles. The first-order valence-electron chi connectivity index (χ1n) is 8.87. The molecule has 0 saturated heterocycles. The summed E-state index contributed by atoms with van der Waals surface area (Å²) in [7, 11) is 0. The molecular weight excluding hydrogens is 312 g/mol. The second-order valence-electron chi connectivity index (χ2n) is 6.14. The van der Waals surface area contributed by atoms with Crippen LogP contribution in [0.15, 0.2) is 0 Å². The zero-order valence-electron chi connectivity index (χ0n) is 16.4. The van der Waals surface area contributed by atoms with Crippen molar-refractivity contribution in [2.24, 2.45) is 0 Å². The maximum atomic E-state index is 12.9. The minimum absolute atomic E-state index is 0.187. The smallest absolute Gasteiger partial charge is 0.342 e. The van der Waals surface area contributed by atoms with Gasteiger partial charge in [-0.05, 0) is 54.4 Å². The van der Waals surface area contributed by atoms with Crippen molar-refractivity contribution in [2.45, 2.75) is 91.6 Å². The summed E-state index contributed by atoms with van der Waals surface area (Å²) in [6, 6.07) is 0. The minimum Gasteiger partial charge on any atom is -0.464 e. The van der Waals surface area contributed by atoms with Crippen molar-refractivity contribution in [3.63, 3.8) is 0 Å². The minimum atomic E-state index is -1.57. The quantitative estimate of drug-likeness (QED) is 0.535. The van der Waals surface area contributed by atoms with Gasteiger partial charge in [0.05, 0.1) is 25.4 Å². The van der Waals surface area contributed by atoms with E-state index in [1.807, 2.05) is 27.7 Å². The molecule has 0 rings (SSSR count). The van der Waals surface area contributed by atoms with Gasteiger partial charge in [-0.15, -0.1) is 0 Å². The summed E-state index contributed by atoms with van der Waals surface area (Å²) in [4.78, 5) is 25.8. The van der Waals surface area contributed by atoms with Crippen molar-refractivity contribution in [2.75, 3.05) is 13.2 Å². The van der Waals surface area contributed by atoms with Crippen LogP contribution in [-0.2, 0) is 28.5 Å². The lowest BCUT2D eigenvalue weighted by atomic mass is 9.77. The van der Waals surface area contributed by atoms with Crippen LogP contribution in [0.3, 0.4) is 0 Å². The third kappa shape index (κ3) is 4.70. The van der Waals surface area contributed by atoms with E-state index in [1.165, 1.54) is 0 Å². The highest BCUT2D eigenvalue weighted by atomic mass is 16.6. The van der Waals surface area contributed by atoms with Crippen molar-refractivity contribution in [1.29, 1.82) is 0 Å². The number of ether oxygens (including phenoxy) is 4. The molecule has 0 aromatic heterocycles. The Bertz CT molecular complexity index is 368. The van der Waals surface area contributed by atoms with Crippen molar-refractivity contribution >= 4 is 11.9 Å². The average molecular weight is 346 g/mol. The van der Waals surface area contributed by atoms with Crippen LogP contribution in [0.2, 0.25) is 0 Å². The molecule has 0 aromatic rings. The Morgan fingerprint density at radius 1 is 0.708 bits per heavy atom. The number of carbonyl (C=O) groups is 2. The zero-order chi connectivity index (χ0) is 19.0. The molecule has 0 fully saturated rings. The molecule has 2 unspecified atom stereocenters. The van der Waals surface area contributed by atoms with Gasteiger partial charge in [-0.3, -0.25) is 0 Å². The molecule has 0 aliphatic carbocycles. The number of carbonyl (C=O) groups excluding carboxylic acids is 2. The zero-order valence-corrected chi connectivity index (χ0v) is 16.4. The third-order valence-corrected chi connectivity index (χ3v) is 3.73. The maximum Gasteiger partial charge on any atom is 0.342 e. The Kier molecular flexibility index (Phi) is 9.51. The molecule has 0 bridgehead atoms. The molecule has 6 heteroatoms. The van der Waals surface area contributed by atoms with E-state index in [9.17, 15) is 9.59 Å². The molecule has 24 heavy (non-hydrogen) atoms. The summed E-state index contributed by atoms with van der Waals surface area (Å²) in [5.74, 6) is -1.20. The van der Waals surface area contributed by atoms with Crippen LogP contribution in [0.25, 0.3) is 0 Å². The summed E-state index contributed by atoms with van der Waals surface area (Å²) in [5, 5.41) is 0. The lowest BCUT2D eigenvalue weighted by Crippen LogP contribution is -2.68. The molecule has 2 atom stereocenters. The lowest BCUT2D eigenvalue weighted by Gasteiger charge is -2.46. The predicted octanol–water partition coefficient (Wildman–Crippen LogP) is 3.26. The predicted molar refractivity (Wildman–Crippen MR) is 91.8 cm³/mol. The fourth-order valence-corrected chi connectivity index (χ4v) is 2.94. The molecule has 6 nitrogen and oxygen atoms in total. The van der Waals surface area contributed by atoms with Gasteiger partial charge in [0.25, 0.3) is 0 Å². The molecule has 0 radical (unpaired) electrons. The third-order valence-electron chi connectivity index (χ3n) is 3.73. The number of esters is 2. The van der Waals surface area contributed by atoms with Crippen LogP contribution < -0.4 is 0 Å². The topological polar surface area (TPSA) is 71.1 Å². The summed E-state index contributed by atoms with van der Waals surface area (Å²) in [6.07, 6.45) is -0.150. The molecule has 142 valence electrons. The Labute approximate surface area is 146 Å². The highest BCUT2D eigenvalue weighted by Crippen LogP contribution is 2.40. The first kappa shape index (κ1) is 22.9. The standard InChI is InChI=1S/C18H34O6/c1-9-17(23-13(5)6,15(19)21-11-3)18(10-2,24-14(7)8)16(20)22-12-4/h13-14H,9-12H2,1-8H3. The van der Waals surface area contributed by atoms with Gasteiger partial charge in [0.1, 0.15) is 0 Å². The molecular formula is C18H34O6. The number of hydrogen-bond donors (Lipinski definition) is 0. The molecule has 0 amide bonds. The van der Waals surface area contributed by atoms with Crippen molar-refractivity contribution in [3.8, 4) is 0 Å². The van der Waals surface area contributed by atoms with E-state index in [2.05, 4.69) is 0 Å². The van der Waals surface area contributed by atoms with Crippen LogP contribution in [0, 0.1) is 0 Å². The first-order chi connectivity index (χ1) is 11.2. The monoisotopic (exact) mass is 346 g/mol. The van der Waals surface area contributed by atoms with E-state index in [1.54, 1.807) is 27.7 Å². The van der Waals surface area contributed by atoms with E-state index in [4.69, 9.17) is 18.9 Å². The summed E-state index contributed by atoms with van der Waals surface area (Å²) >= 11 is 0. The Hall–Kier alpha value is -1.14. The normalized spacial score (nSPS) is 16.6. The lowest BCUT2D eigenvalue weighted by molar-refractivity contribution is -0.252. The molecule has 0 N–H and O–H groups in total. The van der Waals surface area contributed by atoms with Gasteiger partial charge in [-0.25, -0.2) is 9.59 Å². The summed E-state index contributed by atoms with van der Waals surface area (Å²) in [5.41, 5.74) is -3.13. The van der Waals surface area contributed by atoms with Gasteiger partial charge >= 0.3 is 11.9 Å². The average Bonchev–Trinajstić information content (AvgIpc) is 2.50. The van der Waals surface area contributed by atoms with Crippen molar-refractivity contribution in [1.82, 2.24) is 0 Å². The highest BCUT2D eigenvalue weighted by molar-refractivity contribution is 5.93.